The Morgan fingerprint density at radius 3 is 2.94 bits per heavy atom. The van der Waals surface area contributed by atoms with Gasteiger partial charge in [0.2, 0.25) is 0 Å². The van der Waals surface area contributed by atoms with Gasteiger partial charge in [-0.2, -0.15) is 5.10 Å². The van der Waals surface area contributed by atoms with Gasteiger partial charge in [-0.15, -0.1) is 0 Å². The number of anilines is 1. The zero-order chi connectivity index (χ0) is 12.6. The second kappa shape index (κ2) is 4.04. The lowest BCUT2D eigenvalue weighted by Crippen LogP contribution is -2.36. The molecule has 6 nitrogen and oxygen atoms in total. The van der Waals surface area contributed by atoms with Crippen molar-refractivity contribution in [3.05, 3.63) is 24.2 Å². The quantitative estimate of drug-likeness (QED) is 0.856. The number of aliphatic carboxylic acids is 1. The van der Waals surface area contributed by atoms with E-state index in [4.69, 9.17) is 5.11 Å². The lowest BCUT2D eigenvalue weighted by molar-refractivity contribution is -0.138. The van der Waals surface area contributed by atoms with Crippen molar-refractivity contribution in [2.45, 2.75) is 19.9 Å². The van der Waals surface area contributed by atoms with Gasteiger partial charge in [-0.25, -0.2) is 14.3 Å². The van der Waals surface area contributed by atoms with Gasteiger partial charge in [0.15, 0.2) is 5.82 Å². The van der Waals surface area contributed by atoms with Gasteiger partial charge >= 0.3 is 5.97 Å². The minimum absolute atomic E-state index is 0.614. The number of nitrogens with zero attached hydrogens (tertiary/aromatic N) is 4. The first-order valence-corrected chi connectivity index (χ1v) is 5.27. The molecule has 0 aliphatic heterocycles. The number of carbonyl (C=O) groups is 1. The molecule has 0 fully saturated rings. The number of hydrogen-bond donors (Lipinski definition) is 1. The molecule has 1 atom stereocenters. The molecule has 0 amide bonds. The average molecular weight is 234 g/mol. The van der Waals surface area contributed by atoms with Gasteiger partial charge in [0.05, 0.1) is 5.69 Å². The maximum Gasteiger partial charge on any atom is 0.326 e. The maximum atomic E-state index is 11.0. The van der Waals surface area contributed by atoms with Gasteiger partial charge in [-0.1, -0.05) is 0 Å². The van der Waals surface area contributed by atoms with Crippen LogP contribution in [-0.2, 0) is 4.79 Å². The van der Waals surface area contributed by atoms with Gasteiger partial charge in [0.1, 0.15) is 11.6 Å². The van der Waals surface area contributed by atoms with Crippen LogP contribution < -0.4 is 4.90 Å². The predicted octanol–water partition coefficient (Wildman–Crippen LogP) is 0.947. The zero-order valence-corrected chi connectivity index (χ0v) is 9.95. The normalized spacial score (nSPS) is 12.6. The third kappa shape index (κ3) is 1.93. The topological polar surface area (TPSA) is 70.7 Å². The monoisotopic (exact) mass is 234 g/mol. The Balaban J connectivity index is 2.51. The fraction of sp³-hybridized carbons (Fsp3) is 0.364. The van der Waals surface area contributed by atoms with Crippen molar-refractivity contribution < 1.29 is 9.90 Å². The maximum absolute atomic E-state index is 11.0. The van der Waals surface area contributed by atoms with E-state index < -0.39 is 12.0 Å². The Hall–Kier alpha value is -2.11. The highest BCUT2D eigenvalue weighted by Gasteiger charge is 2.20. The molecule has 0 saturated heterocycles. The summed E-state index contributed by atoms with van der Waals surface area (Å²) in [6.45, 7) is 3.51. The summed E-state index contributed by atoms with van der Waals surface area (Å²) in [6.07, 6.45) is 3.35. The van der Waals surface area contributed by atoms with Crippen LogP contribution in [0, 0.1) is 6.92 Å². The van der Waals surface area contributed by atoms with E-state index >= 15 is 0 Å². The molecule has 0 aliphatic rings. The highest BCUT2D eigenvalue weighted by molar-refractivity contribution is 5.80. The molecule has 0 aliphatic carbocycles. The standard InChI is InChI=1S/C11H14N4O2/c1-7-6-9-10(12-4-5-15(9)13-7)14(3)8(2)11(16)17/h4-6,8H,1-3H3,(H,16,17). The summed E-state index contributed by atoms with van der Waals surface area (Å²) in [5.74, 6) is -0.268. The molecule has 2 aromatic heterocycles. The van der Waals surface area contributed by atoms with E-state index in [2.05, 4.69) is 10.1 Å². The first-order chi connectivity index (χ1) is 8.00. The van der Waals surface area contributed by atoms with E-state index in [9.17, 15) is 4.79 Å². The summed E-state index contributed by atoms with van der Waals surface area (Å²) in [5.41, 5.74) is 1.68. The van der Waals surface area contributed by atoms with Crippen LogP contribution in [0.15, 0.2) is 18.5 Å². The molecule has 0 saturated carbocycles. The Labute approximate surface area is 98.5 Å². The van der Waals surface area contributed by atoms with Crippen LogP contribution in [0.2, 0.25) is 0 Å². The Morgan fingerprint density at radius 2 is 2.29 bits per heavy atom. The van der Waals surface area contributed by atoms with Crippen LogP contribution in [-0.4, -0.2) is 38.8 Å². The number of fused-ring (bicyclic) bond motifs is 1. The smallest absolute Gasteiger partial charge is 0.326 e. The molecule has 0 radical (unpaired) electrons. The Kier molecular flexibility index (Phi) is 2.71. The Bertz CT molecular complexity index is 564. The number of hydrogen-bond acceptors (Lipinski definition) is 4. The predicted molar refractivity (Wildman–Crippen MR) is 63.2 cm³/mol. The summed E-state index contributed by atoms with van der Waals surface area (Å²) in [7, 11) is 1.71. The average Bonchev–Trinajstić information content (AvgIpc) is 2.66. The number of aromatic nitrogens is 3. The minimum Gasteiger partial charge on any atom is -0.480 e. The number of likely N-dealkylation sites (N-methyl/N-ethyl adjacent to an activating group) is 1. The third-order valence-electron chi connectivity index (χ3n) is 2.76. The highest BCUT2D eigenvalue weighted by atomic mass is 16.4. The molecule has 1 N–H and O–H groups in total. The number of aryl methyl sites for hydroxylation is 1. The first-order valence-electron chi connectivity index (χ1n) is 5.27. The molecule has 0 aromatic carbocycles. The molecular weight excluding hydrogens is 220 g/mol. The van der Waals surface area contributed by atoms with Crippen LogP contribution in [0.25, 0.3) is 5.52 Å². The second-order valence-electron chi connectivity index (χ2n) is 3.99. The largest absolute Gasteiger partial charge is 0.480 e. The number of rotatable bonds is 3. The number of carboxylic acid groups (broad SMARTS) is 1. The van der Waals surface area contributed by atoms with Gasteiger partial charge in [-0.3, -0.25) is 0 Å². The molecule has 2 heterocycles. The van der Waals surface area contributed by atoms with Crippen molar-refractivity contribution in [2.75, 3.05) is 11.9 Å². The molecule has 17 heavy (non-hydrogen) atoms. The third-order valence-corrected chi connectivity index (χ3v) is 2.76. The second-order valence-corrected chi connectivity index (χ2v) is 3.99. The van der Waals surface area contributed by atoms with Gasteiger partial charge in [0.25, 0.3) is 0 Å². The molecule has 0 bridgehead atoms. The Morgan fingerprint density at radius 1 is 1.59 bits per heavy atom. The molecular formula is C11H14N4O2. The van der Waals surface area contributed by atoms with Crippen molar-refractivity contribution in [3.8, 4) is 0 Å². The lowest BCUT2D eigenvalue weighted by Gasteiger charge is -2.22. The van der Waals surface area contributed by atoms with E-state index in [-0.39, 0.29) is 0 Å². The van der Waals surface area contributed by atoms with E-state index in [1.54, 1.807) is 35.8 Å². The summed E-state index contributed by atoms with van der Waals surface area (Å²) in [5, 5.41) is 13.3. The zero-order valence-electron chi connectivity index (χ0n) is 9.95. The van der Waals surface area contributed by atoms with Crippen LogP contribution in [0.3, 0.4) is 0 Å². The van der Waals surface area contributed by atoms with E-state index in [1.165, 1.54) is 0 Å². The fourth-order valence-corrected chi connectivity index (χ4v) is 1.65. The van der Waals surface area contributed by atoms with Crippen molar-refractivity contribution >= 4 is 17.3 Å². The van der Waals surface area contributed by atoms with Gasteiger partial charge in [0, 0.05) is 19.4 Å². The summed E-state index contributed by atoms with van der Waals surface area (Å²) >= 11 is 0. The van der Waals surface area contributed by atoms with Crippen LogP contribution >= 0.6 is 0 Å². The number of carboxylic acids is 1. The lowest BCUT2D eigenvalue weighted by atomic mass is 10.3. The fourth-order valence-electron chi connectivity index (χ4n) is 1.65. The van der Waals surface area contributed by atoms with E-state index in [0.29, 0.717) is 5.82 Å². The van der Waals surface area contributed by atoms with Gasteiger partial charge < -0.3 is 10.0 Å². The SMILES string of the molecule is Cc1cc2c(N(C)C(C)C(=O)O)nccn2n1. The van der Waals surface area contributed by atoms with E-state index in [1.807, 2.05) is 13.0 Å². The minimum atomic E-state index is -0.882. The highest BCUT2D eigenvalue weighted by Crippen LogP contribution is 2.19. The summed E-state index contributed by atoms with van der Waals surface area (Å²) in [4.78, 5) is 16.8. The van der Waals surface area contributed by atoms with Crippen LogP contribution in [0.5, 0.6) is 0 Å². The molecule has 2 rings (SSSR count). The van der Waals surface area contributed by atoms with Crippen molar-refractivity contribution in [2.24, 2.45) is 0 Å². The van der Waals surface area contributed by atoms with Crippen LogP contribution in [0.4, 0.5) is 5.82 Å². The molecule has 0 spiro atoms. The first kappa shape index (κ1) is 11.4. The molecule has 1 unspecified atom stereocenters. The van der Waals surface area contributed by atoms with Crippen molar-refractivity contribution in [1.82, 2.24) is 14.6 Å². The molecule has 6 heteroatoms. The van der Waals surface area contributed by atoms with Crippen LogP contribution in [0.1, 0.15) is 12.6 Å². The summed E-state index contributed by atoms with van der Waals surface area (Å²) < 4.78 is 1.70. The van der Waals surface area contributed by atoms with Crippen molar-refractivity contribution in [3.63, 3.8) is 0 Å². The molecule has 2 aromatic rings. The van der Waals surface area contributed by atoms with Gasteiger partial charge in [-0.05, 0) is 19.9 Å². The van der Waals surface area contributed by atoms with E-state index in [0.717, 1.165) is 11.2 Å². The molecule has 90 valence electrons. The summed E-state index contributed by atoms with van der Waals surface area (Å²) in [6, 6.07) is 1.25. The van der Waals surface area contributed by atoms with Crippen molar-refractivity contribution in [1.29, 1.82) is 0 Å².